The van der Waals surface area contributed by atoms with Crippen molar-refractivity contribution in [3.05, 3.63) is 234 Å². The predicted octanol–water partition coefficient (Wildman–Crippen LogP) is 15.4. The van der Waals surface area contributed by atoms with Crippen molar-refractivity contribution < 1.29 is 9.47 Å². The third-order valence-electron chi connectivity index (χ3n) is 13.7. The summed E-state index contributed by atoms with van der Waals surface area (Å²) in [6.07, 6.45) is 0. The Morgan fingerprint density at radius 1 is 0.344 bits per heavy atom. The average molecular weight is 782 g/mol. The molecular formula is C58H39NO2. The summed E-state index contributed by atoms with van der Waals surface area (Å²) in [4.78, 5) is 2.36. The van der Waals surface area contributed by atoms with E-state index in [1.54, 1.807) is 0 Å². The number of fused-ring (bicyclic) bond motifs is 15. The van der Waals surface area contributed by atoms with E-state index in [9.17, 15) is 0 Å². The maximum Gasteiger partial charge on any atom is 0.194 e. The van der Waals surface area contributed by atoms with E-state index in [1.165, 1.54) is 61.2 Å². The summed E-state index contributed by atoms with van der Waals surface area (Å²) in [5, 5.41) is 0. The van der Waals surface area contributed by atoms with Gasteiger partial charge in [0.1, 0.15) is 0 Å². The zero-order valence-electron chi connectivity index (χ0n) is 33.8. The standard InChI is InChI=1S/C58H39NO2/c1-57(2)45-24-11-6-20-39(45)43-32-31-37(33-49(43)57)59(51-28-15-10-19-38(51)36-17-4-3-5-18-36)52-29-16-30-53-56(52)61-54-34-44-42-23-9-14-27-48(42)58(50(44)35-55(54)60-53)46-25-12-7-21-40(46)41-22-8-13-26-47(41)58/h3-35H,1-2H3. The van der Waals surface area contributed by atoms with E-state index in [1.807, 2.05) is 6.07 Å². The fraction of sp³-hybridized carbons (Fsp3) is 0.0690. The first-order chi connectivity index (χ1) is 30.0. The van der Waals surface area contributed by atoms with Crippen molar-refractivity contribution in [3.63, 3.8) is 0 Å². The van der Waals surface area contributed by atoms with Crippen LogP contribution in [0, 0.1) is 0 Å². The van der Waals surface area contributed by atoms with E-state index in [0.717, 1.165) is 33.8 Å². The lowest BCUT2D eigenvalue weighted by molar-refractivity contribution is 0.360. The van der Waals surface area contributed by atoms with Crippen molar-refractivity contribution in [1.82, 2.24) is 0 Å². The molecule has 0 unspecified atom stereocenters. The highest BCUT2D eigenvalue weighted by molar-refractivity contribution is 5.97. The highest BCUT2D eigenvalue weighted by Gasteiger charge is 2.52. The fourth-order valence-corrected chi connectivity index (χ4v) is 11.1. The first-order valence-corrected chi connectivity index (χ1v) is 21.2. The van der Waals surface area contributed by atoms with E-state index in [4.69, 9.17) is 9.47 Å². The van der Waals surface area contributed by atoms with Crippen LogP contribution in [0.25, 0.3) is 44.5 Å². The summed E-state index contributed by atoms with van der Waals surface area (Å²) in [7, 11) is 0. The molecule has 0 amide bonds. The second kappa shape index (κ2) is 12.5. The molecule has 0 atom stereocenters. The highest BCUT2D eigenvalue weighted by Crippen LogP contribution is 2.65. The van der Waals surface area contributed by atoms with Gasteiger partial charge in [-0.25, -0.2) is 0 Å². The molecule has 13 rings (SSSR count). The lowest BCUT2D eigenvalue weighted by atomic mass is 9.70. The maximum absolute atomic E-state index is 7.23. The first kappa shape index (κ1) is 34.3. The summed E-state index contributed by atoms with van der Waals surface area (Å²) < 4.78 is 14.3. The second-order valence-electron chi connectivity index (χ2n) is 17.2. The lowest BCUT2D eigenvalue weighted by Gasteiger charge is -2.33. The van der Waals surface area contributed by atoms with E-state index in [-0.39, 0.29) is 5.41 Å². The van der Waals surface area contributed by atoms with Gasteiger partial charge in [0.05, 0.1) is 16.8 Å². The van der Waals surface area contributed by atoms with Gasteiger partial charge in [-0.2, -0.15) is 0 Å². The van der Waals surface area contributed by atoms with E-state index in [2.05, 4.69) is 213 Å². The van der Waals surface area contributed by atoms with Crippen LogP contribution >= 0.6 is 0 Å². The van der Waals surface area contributed by atoms with Crippen LogP contribution in [-0.4, -0.2) is 0 Å². The molecule has 1 spiro atoms. The van der Waals surface area contributed by atoms with Crippen molar-refractivity contribution in [3.8, 4) is 67.5 Å². The molecule has 0 saturated carbocycles. The van der Waals surface area contributed by atoms with Crippen LogP contribution in [0.4, 0.5) is 17.1 Å². The molecule has 61 heavy (non-hydrogen) atoms. The van der Waals surface area contributed by atoms with Crippen LogP contribution in [0.1, 0.15) is 47.2 Å². The molecule has 1 aliphatic heterocycles. The number of benzene rings is 9. The van der Waals surface area contributed by atoms with Gasteiger partial charge in [0, 0.05) is 16.7 Å². The Hall–Kier alpha value is -7.62. The van der Waals surface area contributed by atoms with Crippen LogP contribution in [-0.2, 0) is 10.8 Å². The van der Waals surface area contributed by atoms with Gasteiger partial charge in [-0.1, -0.05) is 172 Å². The Kier molecular flexibility index (Phi) is 6.99. The molecule has 0 saturated heterocycles. The summed E-state index contributed by atoms with van der Waals surface area (Å²) in [5.74, 6) is 2.77. The molecule has 3 heteroatoms. The van der Waals surface area contributed by atoms with Crippen LogP contribution in [0.5, 0.6) is 23.0 Å². The molecule has 0 bridgehead atoms. The van der Waals surface area contributed by atoms with E-state index in [0.29, 0.717) is 23.0 Å². The summed E-state index contributed by atoms with van der Waals surface area (Å²) in [5.41, 5.74) is 19.9. The van der Waals surface area contributed by atoms with Gasteiger partial charge in [0.15, 0.2) is 23.0 Å². The van der Waals surface area contributed by atoms with Crippen LogP contribution < -0.4 is 14.4 Å². The first-order valence-electron chi connectivity index (χ1n) is 21.2. The minimum absolute atomic E-state index is 0.171. The van der Waals surface area contributed by atoms with Gasteiger partial charge < -0.3 is 14.4 Å². The van der Waals surface area contributed by atoms with Crippen molar-refractivity contribution in [2.24, 2.45) is 0 Å². The zero-order valence-corrected chi connectivity index (χ0v) is 33.8. The molecule has 0 N–H and O–H groups in total. The molecule has 3 aliphatic carbocycles. The van der Waals surface area contributed by atoms with Gasteiger partial charge in [-0.15, -0.1) is 0 Å². The van der Waals surface area contributed by atoms with Crippen molar-refractivity contribution >= 4 is 17.1 Å². The molecule has 0 aromatic heterocycles. The Labute approximate surface area is 355 Å². The van der Waals surface area contributed by atoms with Crippen molar-refractivity contribution in [2.75, 3.05) is 4.90 Å². The third-order valence-corrected chi connectivity index (χ3v) is 13.7. The smallest absolute Gasteiger partial charge is 0.194 e. The molecule has 3 nitrogen and oxygen atoms in total. The Balaban J connectivity index is 1.01. The lowest BCUT2D eigenvalue weighted by Crippen LogP contribution is -2.25. The number of anilines is 3. The van der Waals surface area contributed by atoms with Gasteiger partial charge in [0.2, 0.25) is 0 Å². The third kappa shape index (κ3) is 4.58. The summed E-state index contributed by atoms with van der Waals surface area (Å²) in [6.45, 7) is 4.68. The highest BCUT2D eigenvalue weighted by atomic mass is 16.6. The second-order valence-corrected chi connectivity index (χ2v) is 17.2. The van der Waals surface area contributed by atoms with Gasteiger partial charge in [-0.3, -0.25) is 0 Å². The molecule has 0 fully saturated rings. The number of hydrogen-bond acceptors (Lipinski definition) is 3. The quantitative estimate of drug-likeness (QED) is 0.177. The molecule has 9 aromatic carbocycles. The van der Waals surface area contributed by atoms with Crippen molar-refractivity contribution in [2.45, 2.75) is 24.7 Å². The molecule has 4 aliphatic rings. The summed E-state index contributed by atoms with van der Waals surface area (Å²) >= 11 is 0. The average Bonchev–Trinajstić information content (AvgIpc) is 3.86. The van der Waals surface area contributed by atoms with Gasteiger partial charge in [0.25, 0.3) is 0 Å². The zero-order chi connectivity index (χ0) is 40.5. The molecular weight excluding hydrogens is 743 g/mol. The number of rotatable bonds is 4. The molecule has 1 heterocycles. The topological polar surface area (TPSA) is 21.7 Å². The minimum Gasteiger partial charge on any atom is -0.449 e. The monoisotopic (exact) mass is 781 g/mol. The Morgan fingerprint density at radius 3 is 1.56 bits per heavy atom. The Bertz CT molecular complexity index is 3260. The van der Waals surface area contributed by atoms with Crippen molar-refractivity contribution in [1.29, 1.82) is 0 Å². The number of hydrogen-bond donors (Lipinski definition) is 0. The number of para-hydroxylation sites is 2. The minimum atomic E-state index is -0.474. The van der Waals surface area contributed by atoms with E-state index >= 15 is 0 Å². The number of ether oxygens (including phenoxy) is 2. The van der Waals surface area contributed by atoms with Crippen LogP contribution in [0.2, 0.25) is 0 Å². The van der Waals surface area contributed by atoms with Crippen LogP contribution in [0.3, 0.4) is 0 Å². The maximum atomic E-state index is 7.23. The van der Waals surface area contributed by atoms with Crippen LogP contribution in [0.15, 0.2) is 200 Å². The predicted molar refractivity (Wildman–Crippen MR) is 247 cm³/mol. The Morgan fingerprint density at radius 2 is 0.869 bits per heavy atom. The molecule has 0 radical (unpaired) electrons. The normalized spacial score (nSPS) is 14.6. The fourth-order valence-electron chi connectivity index (χ4n) is 11.1. The number of nitrogens with zero attached hydrogens (tertiary/aromatic N) is 1. The van der Waals surface area contributed by atoms with Gasteiger partial charge in [-0.05, 0) is 115 Å². The van der Waals surface area contributed by atoms with E-state index < -0.39 is 5.41 Å². The summed E-state index contributed by atoms with van der Waals surface area (Å²) in [6, 6.07) is 72.5. The SMILES string of the molecule is CC1(C)c2ccccc2-c2ccc(N(c3ccccc3-c3ccccc3)c3cccc4c3Oc3cc5c(cc3O4)C3(c4ccccc4-c4ccccc43)c3ccccc3-5)cc21. The molecule has 9 aromatic rings. The molecule has 288 valence electrons. The largest absolute Gasteiger partial charge is 0.449 e. The van der Waals surface area contributed by atoms with Gasteiger partial charge >= 0.3 is 0 Å².